The largest absolute Gasteiger partial charge is 0.455 e. The third-order valence-electron chi connectivity index (χ3n) is 5.20. The number of hydrogen-bond donors (Lipinski definition) is 1. The Labute approximate surface area is 170 Å². The molecule has 3 rings (SSSR count). The Kier molecular flexibility index (Phi) is 6.01. The van der Waals surface area contributed by atoms with E-state index in [1.165, 1.54) is 0 Å². The van der Waals surface area contributed by atoms with Gasteiger partial charge in [0.1, 0.15) is 0 Å². The van der Waals surface area contributed by atoms with E-state index in [-0.39, 0.29) is 25.5 Å². The molecule has 0 aromatic heterocycles. The van der Waals surface area contributed by atoms with Gasteiger partial charge in [0.15, 0.2) is 6.61 Å². The molecule has 1 fully saturated rings. The van der Waals surface area contributed by atoms with Crippen molar-refractivity contribution in [2.24, 2.45) is 5.92 Å². The lowest BCUT2D eigenvalue weighted by Gasteiger charge is -2.18. The highest BCUT2D eigenvalue weighted by Gasteiger charge is 2.36. The van der Waals surface area contributed by atoms with Gasteiger partial charge in [0, 0.05) is 24.3 Å². The van der Waals surface area contributed by atoms with E-state index < -0.39 is 17.8 Å². The third-order valence-corrected chi connectivity index (χ3v) is 5.20. The second kappa shape index (κ2) is 8.47. The molecule has 1 aliphatic rings. The highest BCUT2D eigenvalue weighted by atomic mass is 16.5. The van der Waals surface area contributed by atoms with Crippen molar-refractivity contribution in [2.45, 2.75) is 34.1 Å². The van der Waals surface area contributed by atoms with Crippen molar-refractivity contribution >= 4 is 29.2 Å². The number of nitrogens with one attached hydrogen (secondary N) is 1. The lowest BCUT2D eigenvalue weighted by molar-refractivity contribution is -0.151. The molecule has 1 atom stereocenters. The van der Waals surface area contributed by atoms with Crippen LogP contribution in [-0.2, 0) is 19.1 Å². The fourth-order valence-corrected chi connectivity index (χ4v) is 3.55. The highest BCUT2D eigenvalue weighted by Crippen LogP contribution is 2.27. The van der Waals surface area contributed by atoms with Crippen LogP contribution in [0.2, 0.25) is 0 Å². The average Bonchev–Trinajstić information content (AvgIpc) is 3.04. The van der Waals surface area contributed by atoms with Crippen LogP contribution in [-0.4, -0.2) is 30.9 Å². The minimum Gasteiger partial charge on any atom is -0.455 e. The molecule has 1 heterocycles. The summed E-state index contributed by atoms with van der Waals surface area (Å²) in [6.07, 6.45) is 0.0877. The maximum atomic E-state index is 12.4. The van der Waals surface area contributed by atoms with Gasteiger partial charge in [-0.05, 0) is 68.1 Å². The molecular formula is C23H26N2O4. The average molecular weight is 394 g/mol. The molecule has 2 aromatic carbocycles. The molecule has 1 saturated heterocycles. The molecule has 1 N–H and O–H groups in total. The van der Waals surface area contributed by atoms with Crippen LogP contribution in [0.5, 0.6) is 0 Å². The SMILES string of the molecule is Cc1cc(C)cc(N2C[C@H](C(=O)OCC(=O)Nc3cccc(C)c3C)CC2=O)c1. The maximum Gasteiger partial charge on any atom is 0.311 e. The fourth-order valence-electron chi connectivity index (χ4n) is 3.55. The predicted molar refractivity (Wildman–Crippen MR) is 112 cm³/mol. The lowest BCUT2D eigenvalue weighted by Crippen LogP contribution is -2.28. The zero-order valence-electron chi connectivity index (χ0n) is 17.2. The van der Waals surface area contributed by atoms with Crippen molar-refractivity contribution in [3.05, 3.63) is 58.7 Å². The Morgan fingerprint density at radius 1 is 1.10 bits per heavy atom. The zero-order valence-corrected chi connectivity index (χ0v) is 17.2. The van der Waals surface area contributed by atoms with Crippen molar-refractivity contribution in [3.8, 4) is 0 Å². The third kappa shape index (κ3) is 4.83. The van der Waals surface area contributed by atoms with Crippen molar-refractivity contribution in [1.29, 1.82) is 0 Å². The number of ether oxygens (including phenoxy) is 1. The molecule has 0 aliphatic carbocycles. The number of benzene rings is 2. The first-order chi connectivity index (χ1) is 13.7. The Bertz CT molecular complexity index is 947. The second-order valence-corrected chi connectivity index (χ2v) is 7.65. The van der Waals surface area contributed by atoms with Crippen LogP contribution in [0.15, 0.2) is 36.4 Å². The van der Waals surface area contributed by atoms with E-state index >= 15 is 0 Å². The number of esters is 1. The first-order valence-electron chi connectivity index (χ1n) is 9.66. The number of carbonyl (C=O) groups excluding carboxylic acids is 3. The molecule has 0 radical (unpaired) electrons. The first-order valence-corrected chi connectivity index (χ1v) is 9.66. The molecule has 1 aliphatic heterocycles. The van der Waals surface area contributed by atoms with Gasteiger partial charge in [0.25, 0.3) is 5.91 Å². The van der Waals surface area contributed by atoms with E-state index in [0.29, 0.717) is 5.69 Å². The molecule has 152 valence electrons. The smallest absolute Gasteiger partial charge is 0.311 e. The zero-order chi connectivity index (χ0) is 21.1. The minimum atomic E-state index is -0.572. The summed E-state index contributed by atoms with van der Waals surface area (Å²) in [5.41, 5.74) is 5.64. The molecule has 29 heavy (non-hydrogen) atoms. The minimum absolute atomic E-state index is 0.0877. The van der Waals surface area contributed by atoms with Crippen LogP contribution in [0.25, 0.3) is 0 Å². The van der Waals surface area contributed by atoms with E-state index in [1.807, 2.05) is 58.0 Å². The lowest BCUT2D eigenvalue weighted by atomic mass is 10.1. The number of nitrogens with zero attached hydrogens (tertiary/aromatic N) is 1. The van der Waals surface area contributed by atoms with Crippen molar-refractivity contribution in [2.75, 3.05) is 23.4 Å². The van der Waals surface area contributed by atoms with Crippen LogP contribution in [0.3, 0.4) is 0 Å². The van der Waals surface area contributed by atoms with Gasteiger partial charge >= 0.3 is 5.97 Å². The highest BCUT2D eigenvalue weighted by molar-refractivity contribution is 6.00. The Hall–Kier alpha value is -3.15. The van der Waals surface area contributed by atoms with E-state index in [2.05, 4.69) is 5.32 Å². The molecule has 0 bridgehead atoms. The number of hydrogen-bond acceptors (Lipinski definition) is 4. The van der Waals surface area contributed by atoms with Gasteiger partial charge in [-0.25, -0.2) is 0 Å². The van der Waals surface area contributed by atoms with Crippen LogP contribution >= 0.6 is 0 Å². The predicted octanol–water partition coefficient (Wildman–Crippen LogP) is 3.46. The second-order valence-electron chi connectivity index (χ2n) is 7.65. The van der Waals surface area contributed by atoms with Gasteiger partial charge in [-0.3, -0.25) is 14.4 Å². The van der Waals surface area contributed by atoms with Gasteiger partial charge < -0.3 is 15.0 Å². The fraction of sp³-hybridized carbons (Fsp3) is 0.348. The number of aryl methyl sites for hydroxylation is 3. The number of anilines is 2. The van der Waals surface area contributed by atoms with E-state index in [9.17, 15) is 14.4 Å². The van der Waals surface area contributed by atoms with E-state index in [4.69, 9.17) is 4.74 Å². The van der Waals surface area contributed by atoms with Crippen LogP contribution in [0.1, 0.15) is 28.7 Å². The van der Waals surface area contributed by atoms with Crippen LogP contribution in [0.4, 0.5) is 11.4 Å². The van der Waals surface area contributed by atoms with Crippen molar-refractivity contribution in [1.82, 2.24) is 0 Å². The Morgan fingerprint density at radius 2 is 1.79 bits per heavy atom. The molecule has 2 amide bonds. The number of amides is 2. The van der Waals surface area contributed by atoms with Gasteiger partial charge in [0.2, 0.25) is 5.91 Å². The summed E-state index contributed by atoms with van der Waals surface area (Å²) >= 11 is 0. The van der Waals surface area contributed by atoms with Crippen LogP contribution < -0.4 is 10.2 Å². The maximum absolute atomic E-state index is 12.4. The summed E-state index contributed by atoms with van der Waals surface area (Å²) in [6.45, 7) is 7.71. The molecular weight excluding hydrogens is 368 g/mol. The van der Waals surface area contributed by atoms with Crippen molar-refractivity contribution < 1.29 is 19.1 Å². The first kappa shape index (κ1) is 20.6. The molecule has 0 unspecified atom stereocenters. The van der Waals surface area contributed by atoms with Gasteiger partial charge in [-0.15, -0.1) is 0 Å². The molecule has 2 aromatic rings. The summed E-state index contributed by atoms with van der Waals surface area (Å²) < 4.78 is 5.18. The van der Waals surface area contributed by atoms with Crippen LogP contribution in [0, 0.1) is 33.6 Å². The van der Waals surface area contributed by atoms with Crippen molar-refractivity contribution in [3.63, 3.8) is 0 Å². The summed E-state index contributed by atoms with van der Waals surface area (Å²) in [4.78, 5) is 38.6. The summed E-state index contributed by atoms with van der Waals surface area (Å²) in [6, 6.07) is 11.5. The summed E-state index contributed by atoms with van der Waals surface area (Å²) in [5.74, 6) is -1.61. The molecule has 6 nitrogen and oxygen atoms in total. The van der Waals surface area contributed by atoms with E-state index in [1.54, 1.807) is 11.0 Å². The standard InChI is InChI=1S/C23H26N2O4/c1-14-8-15(2)10-19(9-14)25-12-18(11-22(25)27)23(28)29-13-21(26)24-20-7-5-6-16(3)17(20)4/h5-10,18H,11-13H2,1-4H3,(H,24,26)/t18-/m1/s1. The molecule has 0 spiro atoms. The number of rotatable bonds is 5. The van der Waals surface area contributed by atoms with Gasteiger partial charge in [0.05, 0.1) is 5.92 Å². The molecule has 6 heteroatoms. The monoisotopic (exact) mass is 394 g/mol. The van der Waals surface area contributed by atoms with Gasteiger partial charge in [-0.2, -0.15) is 0 Å². The summed E-state index contributed by atoms with van der Waals surface area (Å²) in [5, 5.41) is 2.76. The number of carbonyl (C=O) groups is 3. The molecule has 0 saturated carbocycles. The normalized spacial score (nSPS) is 16.1. The van der Waals surface area contributed by atoms with Gasteiger partial charge in [-0.1, -0.05) is 18.2 Å². The van der Waals surface area contributed by atoms with E-state index in [0.717, 1.165) is 27.9 Å². The topological polar surface area (TPSA) is 75.7 Å². The summed E-state index contributed by atoms with van der Waals surface area (Å²) in [7, 11) is 0. The quantitative estimate of drug-likeness (QED) is 0.788. The Balaban J connectivity index is 1.56. The Morgan fingerprint density at radius 3 is 2.48 bits per heavy atom.